The summed E-state index contributed by atoms with van der Waals surface area (Å²) in [6, 6.07) is -0.801. The van der Waals surface area contributed by atoms with Crippen molar-refractivity contribution in [3.05, 3.63) is 24.3 Å². The third-order valence-corrected chi connectivity index (χ3v) is 16.8. The second-order valence-electron chi connectivity index (χ2n) is 24.3. The minimum absolute atomic E-state index is 0.170. The monoisotopic (exact) mass is 1100 g/mol. The van der Waals surface area contributed by atoms with Gasteiger partial charge in [-0.05, 0) is 44.9 Å². The fourth-order valence-corrected chi connectivity index (χ4v) is 11.3. The van der Waals surface area contributed by atoms with Crippen LogP contribution < -0.4 is 5.32 Å². The number of aliphatic hydroxyl groups is 5. The molecule has 1 aliphatic heterocycles. The van der Waals surface area contributed by atoms with E-state index in [4.69, 9.17) is 9.47 Å². The molecule has 1 heterocycles. The van der Waals surface area contributed by atoms with E-state index in [-0.39, 0.29) is 12.5 Å². The summed E-state index contributed by atoms with van der Waals surface area (Å²) in [5, 5.41) is 54.5. The van der Waals surface area contributed by atoms with Crippen molar-refractivity contribution in [1.29, 1.82) is 0 Å². The molecule has 1 aliphatic rings. The first-order valence-corrected chi connectivity index (χ1v) is 34.6. The van der Waals surface area contributed by atoms with Gasteiger partial charge in [0.2, 0.25) is 5.91 Å². The molecule has 0 aliphatic carbocycles. The molecule has 0 bridgehead atoms. The highest BCUT2D eigenvalue weighted by Gasteiger charge is 2.44. The standard InChI is InChI=1S/C69H133NO8/c1-3-5-7-9-11-13-15-17-19-20-21-22-23-24-25-26-27-28-29-30-31-32-33-34-35-36-37-38-39-40-41-42-43-44-45-47-49-51-53-55-57-59-65(73)70-62(61-77-69-68(76)67(75)66(74)64(60-71)78-69)63(72)58-56-54-52-50-48-46-18-16-14-12-10-8-6-4-2/h20-21,56,58,62-64,66-69,71-72,74-76H,3-19,22-55,57,59-61H2,1-2H3,(H,70,73)/b21-20-,58-56+. The van der Waals surface area contributed by atoms with Crippen LogP contribution in [0.5, 0.6) is 0 Å². The maximum Gasteiger partial charge on any atom is 0.220 e. The Hall–Kier alpha value is -1.33. The number of allylic oxidation sites excluding steroid dienone is 3. The molecular formula is C69H133NO8. The zero-order valence-electron chi connectivity index (χ0n) is 51.7. The van der Waals surface area contributed by atoms with Crippen LogP contribution >= 0.6 is 0 Å². The van der Waals surface area contributed by atoms with Gasteiger partial charge in [0.15, 0.2) is 6.29 Å². The Bertz CT molecular complexity index is 1280. The van der Waals surface area contributed by atoms with Gasteiger partial charge in [-0.1, -0.05) is 327 Å². The van der Waals surface area contributed by atoms with Gasteiger partial charge in [0.25, 0.3) is 0 Å². The Morgan fingerprint density at radius 1 is 0.423 bits per heavy atom. The second-order valence-corrected chi connectivity index (χ2v) is 24.3. The van der Waals surface area contributed by atoms with Crippen molar-refractivity contribution in [3.8, 4) is 0 Å². The van der Waals surface area contributed by atoms with E-state index in [1.807, 2.05) is 6.08 Å². The summed E-state index contributed by atoms with van der Waals surface area (Å²) in [4.78, 5) is 13.1. The maximum absolute atomic E-state index is 13.1. The van der Waals surface area contributed by atoms with Crippen LogP contribution in [0.3, 0.4) is 0 Å². The molecule has 0 aromatic heterocycles. The Morgan fingerprint density at radius 2 is 0.718 bits per heavy atom. The van der Waals surface area contributed by atoms with Gasteiger partial charge in [-0.3, -0.25) is 4.79 Å². The smallest absolute Gasteiger partial charge is 0.220 e. The molecule has 7 atom stereocenters. The van der Waals surface area contributed by atoms with Crippen molar-refractivity contribution in [1.82, 2.24) is 5.32 Å². The van der Waals surface area contributed by atoms with Crippen LogP contribution in [0, 0.1) is 0 Å². The van der Waals surface area contributed by atoms with Crippen LogP contribution in [0.1, 0.15) is 354 Å². The Morgan fingerprint density at radius 3 is 1.04 bits per heavy atom. The molecule has 9 nitrogen and oxygen atoms in total. The van der Waals surface area contributed by atoms with E-state index >= 15 is 0 Å². The van der Waals surface area contributed by atoms with E-state index in [2.05, 4.69) is 31.3 Å². The van der Waals surface area contributed by atoms with Gasteiger partial charge < -0.3 is 40.3 Å². The summed E-state index contributed by atoms with van der Waals surface area (Å²) in [5.41, 5.74) is 0. The third kappa shape index (κ3) is 47.2. The first-order valence-electron chi connectivity index (χ1n) is 34.6. The normalized spacial score (nSPS) is 18.7. The Kier molecular flexibility index (Phi) is 56.3. The van der Waals surface area contributed by atoms with Crippen molar-refractivity contribution in [2.75, 3.05) is 13.2 Å². The van der Waals surface area contributed by atoms with Gasteiger partial charge in [0, 0.05) is 6.42 Å². The van der Waals surface area contributed by atoms with Gasteiger partial charge >= 0.3 is 0 Å². The average molecular weight is 1100 g/mol. The number of carbonyl (C=O) groups is 1. The van der Waals surface area contributed by atoms with Gasteiger partial charge in [-0.15, -0.1) is 0 Å². The zero-order valence-corrected chi connectivity index (χ0v) is 51.7. The summed E-state index contributed by atoms with van der Waals surface area (Å²) in [5.74, 6) is -0.170. The number of rotatable bonds is 61. The number of hydrogen-bond donors (Lipinski definition) is 6. The largest absolute Gasteiger partial charge is 0.394 e. The molecule has 0 saturated carbocycles. The lowest BCUT2D eigenvalue weighted by Gasteiger charge is -2.40. The Balaban J connectivity index is 1.99. The highest BCUT2D eigenvalue weighted by molar-refractivity contribution is 5.76. The first kappa shape index (κ1) is 74.7. The van der Waals surface area contributed by atoms with Crippen LogP contribution in [0.2, 0.25) is 0 Å². The molecule has 9 heteroatoms. The lowest BCUT2D eigenvalue weighted by molar-refractivity contribution is -0.302. The van der Waals surface area contributed by atoms with E-state index in [0.29, 0.717) is 6.42 Å². The maximum atomic E-state index is 13.1. The minimum Gasteiger partial charge on any atom is -0.394 e. The van der Waals surface area contributed by atoms with Crippen molar-refractivity contribution >= 4 is 5.91 Å². The molecule has 7 unspecified atom stereocenters. The van der Waals surface area contributed by atoms with Gasteiger partial charge in [0.05, 0.1) is 25.4 Å². The number of ether oxygens (including phenoxy) is 2. The molecule has 6 N–H and O–H groups in total. The topological polar surface area (TPSA) is 149 Å². The summed E-state index contributed by atoms with van der Waals surface area (Å²) in [6.45, 7) is 3.81. The molecule has 0 radical (unpaired) electrons. The summed E-state index contributed by atoms with van der Waals surface area (Å²) >= 11 is 0. The van der Waals surface area contributed by atoms with E-state index < -0.39 is 49.5 Å². The van der Waals surface area contributed by atoms with E-state index in [0.717, 1.165) is 38.5 Å². The number of aliphatic hydroxyl groups excluding tert-OH is 5. The van der Waals surface area contributed by atoms with E-state index in [9.17, 15) is 30.3 Å². The van der Waals surface area contributed by atoms with Gasteiger partial charge in [0.1, 0.15) is 24.4 Å². The van der Waals surface area contributed by atoms with Crippen LogP contribution in [0.25, 0.3) is 0 Å². The molecule has 1 fully saturated rings. The fourth-order valence-electron chi connectivity index (χ4n) is 11.3. The lowest BCUT2D eigenvalue weighted by atomic mass is 9.99. The van der Waals surface area contributed by atoms with Crippen LogP contribution in [0.15, 0.2) is 24.3 Å². The molecular weight excluding hydrogens is 971 g/mol. The van der Waals surface area contributed by atoms with Crippen molar-refractivity contribution in [2.24, 2.45) is 0 Å². The molecule has 1 amide bonds. The molecule has 462 valence electrons. The minimum atomic E-state index is -1.56. The van der Waals surface area contributed by atoms with Gasteiger partial charge in [-0.25, -0.2) is 0 Å². The first-order chi connectivity index (χ1) is 38.3. The molecule has 1 rings (SSSR count). The summed E-state index contributed by atoms with van der Waals surface area (Å²) < 4.78 is 11.3. The number of unbranched alkanes of at least 4 members (excludes halogenated alkanes) is 49. The SMILES string of the molecule is CCCCCCCCCC/C=C\CCCCCCCCCCCCCCCCCCCCCCCCCCCCCCCC(=O)NC(COC1OC(CO)C(O)C(O)C1O)C(O)/C=C/CCCCCCCCCCCCCC. The molecule has 1 saturated heterocycles. The number of amides is 1. The molecule has 78 heavy (non-hydrogen) atoms. The highest BCUT2D eigenvalue weighted by atomic mass is 16.7. The average Bonchev–Trinajstić information content (AvgIpc) is 3.46. The summed E-state index contributed by atoms with van der Waals surface area (Å²) in [7, 11) is 0. The summed E-state index contributed by atoms with van der Waals surface area (Å²) in [6.07, 6.45) is 70.3. The number of hydrogen-bond acceptors (Lipinski definition) is 8. The van der Waals surface area contributed by atoms with Gasteiger partial charge in [-0.2, -0.15) is 0 Å². The van der Waals surface area contributed by atoms with E-state index in [1.54, 1.807) is 6.08 Å². The predicted octanol–water partition coefficient (Wildman–Crippen LogP) is 18.5. The highest BCUT2D eigenvalue weighted by Crippen LogP contribution is 2.23. The predicted molar refractivity (Wildman–Crippen MR) is 332 cm³/mol. The van der Waals surface area contributed by atoms with Crippen LogP contribution in [-0.4, -0.2) is 87.5 Å². The molecule has 0 spiro atoms. The van der Waals surface area contributed by atoms with Crippen molar-refractivity contribution in [2.45, 2.75) is 397 Å². The zero-order chi connectivity index (χ0) is 56.5. The quantitative estimate of drug-likeness (QED) is 0.0261. The Labute approximate surface area is 483 Å². The number of nitrogens with one attached hydrogen (secondary N) is 1. The van der Waals surface area contributed by atoms with Crippen LogP contribution in [-0.2, 0) is 14.3 Å². The van der Waals surface area contributed by atoms with Crippen molar-refractivity contribution < 1.29 is 39.8 Å². The van der Waals surface area contributed by atoms with Crippen LogP contribution in [0.4, 0.5) is 0 Å². The third-order valence-electron chi connectivity index (χ3n) is 16.8. The number of carbonyl (C=O) groups excluding carboxylic acids is 1. The van der Waals surface area contributed by atoms with Crippen molar-refractivity contribution in [3.63, 3.8) is 0 Å². The second kappa shape index (κ2) is 58.9. The van der Waals surface area contributed by atoms with E-state index in [1.165, 1.54) is 295 Å². The molecule has 0 aromatic carbocycles. The fraction of sp³-hybridized carbons (Fsp3) is 0.928. The molecule has 0 aromatic rings. The lowest BCUT2D eigenvalue weighted by Crippen LogP contribution is -2.60.